The van der Waals surface area contributed by atoms with Crippen LogP contribution < -0.4 is 4.74 Å². The molecule has 4 nitrogen and oxygen atoms in total. The van der Waals surface area contributed by atoms with Gasteiger partial charge in [-0.15, -0.1) is 0 Å². The maximum absolute atomic E-state index is 12.4. The molecule has 2 aromatic carbocycles. The van der Waals surface area contributed by atoms with Gasteiger partial charge in [-0.25, -0.2) is 0 Å². The van der Waals surface area contributed by atoms with E-state index in [1.54, 1.807) is 0 Å². The highest BCUT2D eigenvalue weighted by molar-refractivity contribution is 5.69. The fourth-order valence-corrected chi connectivity index (χ4v) is 4.91. The van der Waals surface area contributed by atoms with Crippen LogP contribution in [0, 0.1) is 0 Å². The van der Waals surface area contributed by atoms with Crippen molar-refractivity contribution in [3.63, 3.8) is 0 Å². The van der Waals surface area contributed by atoms with Crippen LogP contribution >= 0.6 is 0 Å². The summed E-state index contributed by atoms with van der Waals surface area (Å²) in [6.45, 7) is 6.71. The second-order valence-electron chi connectivity index (χ2n) is 11.4. The Hall–Kier alpha value is -2.33. The van der Waals surface area contributed by atoms with Gasteiger partial charge in [-0.05, 0) is 43.7 Å². The number of benzene rings is 2. The second-order valence-corrected chi connectivity index (χ2v) is 11.4. The standard InChI is InChI=1S/C34H54NO3/c1-5-7-8-9-10-11-12-16-23-31-24-17-18-25-33(31)38-32(6-2)29-37-34(36)26-19-20-27-35(3,4)28-30-21-14-13-15-22-30/h13-15,17-18,21-22,24-25,32H,5-12,16,19-20,23,26-29H2,1-4H3/q+1. The first-order valence-corrected chi connectivity index (χ1v) is 15.2. The highest BCUT2D eigenvalue weighted by Crippen LogP contribution is 2.23. The van der Waals surface area contributed by atoms with Crippen LogP contribution in [0.15, 0.2) is 54.6 Å². The van der Waals surface area contributed by atoms with Gasteiger partial charge in [-0.1, -0.05) is 107 Å². The predicted octanol–water partition coefficient (Wildman–Crippen LogP) is 8.52. The summed E-state index contributed by atoms with van der Waals surface area (Å²) in [6, 6.07) is 18.9. The van der Waals surface area contributed by atoms with Gasteiger partial charge in [0.05, 0.1) is 20.6 Å². The summed E-state index contributed by atoms with van der Waals surface area (Å²) in [5, 5.41) is 0. The number of hydrogen-bond acceptors (Lipinski definition) is 3. The third-order valence-electron chi connectivity index (χ3n) is 7.30. The van der Waals surface area contributed by atoms with E-state index in [0.29, 0.717) is 13.0 Å². The monoisotopic (exact) mass is 524 g/mol. The van der Waals surface area contributed by atoms with Gasteiger partial charge >= 0.3 is 5.97 Å². The molecule has 0 aliphatic carbocycles. The highest BCUT2D eigenvalue weighted by Gasteiger charge is 2.17. The molecular weight excluding hydrogens is 470 g/mol. The molecule has 0 N–H and O–H groups in total. The molecule has 38 heavy (non-hydrogen) atoms. The van der Waals surface area contributed by atoms with Crippen LogP contribution in [0.2, 0.25) is 0 Å². The molecule has 0 heterocycles. The minimum Gasteiger partial charge on any atom is -0.487 e. The van der Waals surface area contributed by atoms with E-state index in [4.69, 9.17) is 9.47 Å². The molecule has 0 amide bonds. The maximum atomic E-state index is 12.4. The smallest absolute Gasteiger partial charge is 0.305 e. The highest BCUT2D eigenvalue weighted by atomic mass is 16.6. The summed E-state index contributed by atoms with van der Waals surface area (Å²) >= 11 is 0. The van der Waals surface area contributed by atoms with Crippen LogP contribution in [0.3, 0.4) is 0 Å². The van der Waals surface area contributed by atoms with E-state index in [-0.39, 0.29) is 12.1 Å². The van der Waals surface area contributed by atoms with Crippen molar-refractivity contribution >= 4 is 5.97 Å². The zero-order chi connectivity index (χ0) is 27.5. The summed E-state index contributed by atoms with van der Waals surface area (Å²) in [5.74, 6) is 0.824. The Morgan fingerprint density at radius 1 is 0.789 bits per heavy atom. The zero-order valence-corrected chi connectivity index (χ0v) is 24.8. The Kier molecular flexibility index (Phi) is 15.8. The van der Waals surface area contributed by atoms with Crippen molar-refractivity contribution in [3.05, 3.63) is 65.7 Å². The quantitative estimate of drug-likeness (QED) is 0.0932. The summed E-state index contributed by atoms with van der Waals surface area (Å²) in [6.07, 6.45) is 14.6. The van der Waals surface area contributed by atoms with Crippen molar-refractivity contribution in [3.8, 4) is 5.75 Å². The summed E-state index contributed by atoms with van der Waals surface area (Å²) < 4.78 is 12.9. The van der Waals surface area contributed by atoms with Crippen molar-refractivity contribution in [1.29, 1.82) is 0 Å². The minimum atomic E-state index is -0.118. The molecule has 0 saturated heterocycles. The van der Waals surface area contributed by atoms with E-state index in [1.807, 2.05) is 6.07 Å². The lowest BCUT2D eigenvalue weighted by atomic mass is 10.0. The SMILES string of the molecule is CCCCCCCCCCc1ccccc1OC(CC)COC(=O)CCCC[N+](C)(C)Cc1ccccc1. The topological polar surface area (TPSA) is 35.5 Å². The van der Waals surface area contributed by atoms with Gasteiger partial charge in [-0.3, -0.25) is 4.79 Å². The first-order valence-electron chi connectivity index (χ1n) is 15.2. The Balaban J connectivity index is 1.65. The third-order valence-corrected chi connectivity index (χ3v) is 7.30. The van der Waals surface area contributed by atoms with E-state index < -0.39 is 0 Å². The van der Waals surface area contributed by atoms with Crippen LogP contribution in [0.5, 0.6) is 5.75 Å². The van der Waals surface area contributed by atoms with E-state index in [2.05, 4.69) is 76.5 Å². The van der Waals surface area contributed by atoms with Crippen LogP contribution in [0.1, 0.15) is 102 Å². The van der Waals surface area contributed by atoms with E-state index in [9.17, 15) is 4.79 Å². The van der Waals surface area contributed by atoms with Crippen molar-refractivity contribution in [2.24, 2.45) is 0 Å². The number of aryl methyl sites for hydroxylation is 1. The van der Waals surface area contributed by atoms with Crippen LogP contribution in [-0.2, 0) is 22.5 Å². The van der Waals surface area contributed by atoms with E-state index >= 15 is 0 Å². The molecule has 2 aromatic rings. The van der Waals surface area contributed by atoms with Gasteiger partial charge in [0.2, 0.25) is 0 Å². The average molecular weight is 525 g/mol. The molecule has 2 rings (SSSR count). The lowest BCUT2D eigenvalue weighted by Gasteiger charge is -2.30. The Bertz CT molecular complexity index is 880. The number of esters is 1. The fourth-order valence-electron chi connectivity index (χ4n) is 4.91. The molecule has 0 aromatic heterocycles. The Morgan fingerprint density at radius 2 is 1.45 bits per heavy atom. The van der Waals surface area contributed by atoms with Crippen molar-refractivity contribution in [2.75, 3.05) is 27.2 Å². The lowest BCUT2D eigenvalue weighted by molar-refractivity contribution is -0.903. The van der Waals surface area contributed by atoms with Crippen LogP contribution in [0.25, 0.3) is 0 Å². The van der Waals surface area contributed by atoms with Crippen molar-refractivity contribution in [1.82, 2.24) is 0 Å². The number of quaternary nitrogens is 1. The van der Waals surface area contributed by atoms with E-state index in [0.717, 1.165) is 49.0 Å². The number of hydrogen-bond donors (Lipinski definition) is 0. The van der Waals surface area contributed by atoms with Crippen molar-refractivity contribution in [2.45, 2.75) is 110 Å². The van der Waals surface area contributed by atoms with Gasteiger partial charge in [0.15, 0.2) is 0 Å². The van der Waals surface area contributed by atoms with Gasteiger partial charge < -0.3 is 14.0 Å². The molecule has 0 saturated carbocycles. The Morgan fingerprint density at radius 3 is 2.16 bits per heavy atom. The molecule has 1 atom stereocenters. The normalized spacial score (nSPS) is 12.3. The maximum Gasteiger partial charge on any atom is 0.305 e. The Labute approximate surface area is 233 Å². The third kappa shape index (κ3) is 14.0. The second kappa shape index (κ2) is 18.8. The number of carbonyl (C=O) groups excluding carboxylic acids is 1. The zero-order valence-electron chi connectivity index (χ0n) is 24.8. The summed E-state index contributed by atoms with van der Waals surface area (Å²) in [5.41, 5.74) is 2.61. The molecule has 0 spiro atoms. The summed E-state index contributed by atoms with van der Waals surface area (Å²) in [4.78, 5) is 12.4. The van der Waals surface area contributed by atoms with Gasteiger partial charge in [0, 0.05) is 12.0 Å². The molecule has 0 radical (unpaired) electrons. The number of carbonyl (C=O) groups is 1. The van der Waals surface area contributed by atoms with Crippen LogP contribution in [-0.4, -0.2) is 43.8 Å². The van der Waals surface area contributed by atoms with Gasteiger partial charge in [0.1, 0.15) is 25.0 Å². The number of para-hydroxylation sites is 1. The molecule has 4 heteroatoms. The number of nitrogens with zero attached hydrogens (tertiary/aromatic N) is 1. The first-order chi connectivity index (χ1) is 18.4. The molecule has 212 valence electrons. The van der Waals surface area contributed by atoms with E-state index in [1.165, 1.54) is 62.5 Å². The molecule has 0 aliphatic rings. The molecule has 0 aliphatic heterocycles. The van der Waals surface area contributed by atoms with Crippen molar-refractivity contribution < 1.29 is 18.8 Å². The van der Waals surface area contributed by atoms with Gasteiger partial charge in [-0.2, -0.15) is 0 Å². The number of ether oxygens (including phenoxy) is 2. The average Bonchev–Trinajstić information content (AvgIpc) is 2.91. The number of rotatable bonds is 21. The molecular formula is C34H54NO3+. The minimum absolute atomic E-state index is 0.111. The summed E-state index contributed by atoms with van der Waals surface area (Å²) in [7, 11) is 4.50. The molecule has 1 unspecified atom stereocenters. The van der Waals surface area contributed by atoms with Crippen LogP contribution in [0.4, 0.5) is 0 Å². The molecule has 0 bridgehead atoms. The fraction of sp³-hybridized carbons (Fsp3) is 0.618. The molecule has 0 fully saturated rings. The predicted molar refractivity (Wildman–Crippen MR) is 159 cm³/mol. The lowest BCUT2D eigenvalue weighted by Crippen LogP contribution is -2.39. The largest absolute Gasteiger partial charge is 0.487 e. The van der Waals surface area contributed by atoms with Gasteiger partial charge in [0.25, 0.3) is 0 Å². The number of unbranched alkanes of at least 4 members (excludes halogenated alkanes) is 8. The first kappa shape index (κ1) is 31.9.